The first-order chi connectivity index (χ1) is 8.74. The molecule has 3 aliphatic rings. The van der Waals surface area contributed by atoms with E-state index in [4.69, 9.17) is 0 Å². The van der Waals surface area contributed by atoms with E-state index in [1.807, 2.05) is 0 Å². The Bertz CT molecular complexity index is 276. The predicted octanol–water partition coefficient (Wildman–Crippen LogP) is 3.03. The molecule has 104 valence electrons. The van der Waals surface area contributed by atoms with Gasteiger partial charge in [-0.05, 0) is 64.3 Å². The van der Waals surface area contributed by atoms with Crippen LogP contribution < -0.4 is 0 Å². The second-order valence-electron chi connectivity index (χ2n) is 6.64. The summed E-state index contributed by atoms with van der Waals surface area (Å²) in [5, 5.41) is 0. The van der Waals surface area contributed by atoms with Gasteiger partial charge in [0.25, 0.3) is 0 Å². The summed E-state index contributed by atoms with van der Waals surface area (Å²) in [7, 11) is 0. The summed E-state index contributed by atoms with van der Waals surface area (Å²) in [4.78, 5) is 5.40. The number of hydrogen-bond acceptors (Lipinski definition) is 2. The van der Waals surface area contributed by atoms with Crippen LogP contribution in [0.25, 0.3) is 0 Å². The number of alkyl halides is 1. The van der Waals surface area contributed by atoms with Crippen LogP contribution in [0.2, 0.25) is 0 Å². The van der Waals surface area contributed by atoms with Gasteiger partial charge in [-0.2, -0.15) is 0 Å². The molecule has 3 rings (SSSR count). The highest BCUT2D eigenvalue weighted by Crippen LogP contribution is 2.33. The molecule has 3 fully saturated rings. The number of fused-ring (bicyclic) bond motifs is 1. The highest BCUT2D eigenvalue weighted by Gasteiger charge is 2.39. The summed E-state index contributed by atoms with van der Waals surface area (Å²) in [6, 6.07) is 0.705. The number of nitrogens with zero attached hydrogens (tertiary/aromatic N) is 2. The van der Waals surface area contributed by atoms with Crippen molar-refractivity contribution in [3.05, 3.63) is 0 Å². The fraction of sp³-hybridized carbons (Fsp3) is 1.00. The Morgan fingerprint density at radius 1 is 1.06 bits per heavy atom. The van der Waals surface area contributed by atoms with E-state index >= 15 is 0 Å². The van der Waals surface area contributed by atoms with Gasteiger partial charge in [-0.3, -0.25) is 9.80 Å². The summed E-state index contributed by atoms with van der Waals surface area (Å²) in [5.41, 5.74) is 0. The lowest BCUT2D eigenvalue weighted by molar-refractivity contribution is 0.0643. The van der Waals surface area contributed by atoms with Gasteiger partial charge in [-0.25, -0.2) is 4.39 Å². The predicted molar refractivity (Wildman–Crippen MR) is 72.2 cm³/mol. The standard InChI is InChI=1S/C15H27FN2/c1-12-10-17-9-3-2-4-15(17)18(12)11-13-5-7-14(16)8-6-13/h12-15H,2-11H2,1H3. The van der Waals surface area contributed by atoms with E-state index in [2.05, 4.69) is 16.7 Å². The monoisotopic (exact) mass is 254 g/mol. The summed E-state index contributed by atoms with van der Waals surface area (Å²) in [5.74, 6) is 0.751. The van der Waals surface area contributed by atoms with Gasteiger partial charge in [0.05, 0.1) is 6.17 Å². The molecule has 2 heterocycles. The van der Waals surface area contributed by atoms with Crippen molar-refractivity contribution in [3.63, 3.8) is 0 Å². The molecule has 0 radical (unpaired) electrons. The van der Waals surface area contributed by atoms with Crippen molar-refractivity contribution in [1.82, 2.24) is 9.80 Å². The van der Waals surface area contributed by atoms with Gasteiger partial charge in [-0.15, -0.1) is 0 Å². The molecule has 2 atom stereocenters. The van der Waals surface area contributed by atoms with Crippen molar-refractivity contribution in [2.24, 2.45) is 5.92 Å². The zero-order valence-electron chi connectivity index (χ0n) is 11.7. The second-order valence-corrected chi connectivity index (χ2v) is 6.64. The van der Waals surface area contributed by atoms with E-state index in [1.54, 1.807) is 0 Å². The molecular weight excluding hydrogens is 227 g/mol. The minimum Gasteiger partial charge on any atom is -0.286 e. The van der Waals surface area contributed by atoms with E-state index in [0.717, 1.165) is 31.6 Å². The maximum atomic E-state index is 13.2. The molecule has 1 aliphatic carbocycles. The van der Waals surface area contributed by atoms with Crippen LogP contribution in [0.15, 0.2) is 0 Å². The zero-order chi connectivity index (χ0) is 12.5. The van der Waals surface area contributed by atoms with Gasteiger partial charge in [0.2, 0.25) is 0 Å². The minimum absolute atomic E-state index is 0.511. The molecule has 2 saturated heterocycles. The smallest absolute Gasteiger partial charge is 0.100 e. The Labute approximate surface area is 111 Å². The van der Waals surface area contributed by atoms with Gasteiger partial charge < -0.3 is 0 Å². The molecule has 0 bridgehead atoms. The number of rotatable bonds is 2. The number of hydrogen-bond donors (Lipinski definition) is 0. The highest BCUT2D eigenvalue weighted by atomic mass is 19.1. The summed E-state index contributed by atoms with van der Waals surface area (Å²) >= 11 is 0. The minimum atomic E-state index is -0.511. The molecule has 2 unspecified atom stereocenters. The van der Waals surface area contributed by atoms with Crippen LogP contribution in [-0.4, -0.2) is 47.8 Å². The van der Waals surface area contributed by atoms with Crippen molar-refractivity contribution >= 4 is 0 Å². The van der Waals surface area contributed by atoms with Gasteiger partial charge >= 0.3 is 0 Å². The van der Waals surface area contributed by atoms with Gasteiger partial charge in [0, 0.05) is 19.1 Å². The van der Waals surface area contributed by atoms with Crippen LogP contribution in [0, 0.1) is 5.92 Å². The SMILES string of the molecule is CC1CN2CCCCC2N1CC1CCC(F)CC1. The molecule has 2 nitrogen and oxygen atoms in total. The van der Waals surface area contributed by atoms with Crippen LogP contribution in [0.1, 0.15) is 51.9 Å². The van der Waals surface area contributed by atoms with Crippen LogP contribution in [0.5, 0.6) is 0 Å². The molecule has 3 heteroatoms. The fourth-order valence-electron chi connectivity index (χ4n) is 4.20. The van der Waals surface area contributed by atoms with Gasteiger partial charge in [0.15, 0.2) is 0 Å². The Balaban J connectivity index is 1.57. The summed E-state index contributed by atoms with van der Waals surface area (Å²) < 4.78 is 13.2. The summed E-state index contributed by atoms with van der Waals surface area (Å²) in [6.45, 7) is 6.14. The Morgan fingerprint density at radius 3 is 2.61 bits per heavy atom. The van der Waals surface area contributed by atoms with E-state index in [1.165, 1.54) is 38.9 Å². The number of halogens is 1. The first-order valence-corrected chi connectivity index (χ1v) is 7.88. The Kier molecular flexibility index (Phi) is 3.90. The largest absolute Gasteiger partial charge is 0.286 e. The lowest BCUT2D eigenvalue weighted by Crippen LogP contribution is -2.45. The maximum absolute atomic E-state index is 13.2. The van der Waals surface area contributed by atoms with Crippen molar-refractivity contribution in [2.45, 2.75) is 70.2 Å². The molecule has 0 N–H and O–H groups in total. The Hall–Kier alpha value is -0.150. The third-order valence-electron chi connectivity index (χ3n) is 5.27. The van der Waals surface area contributed by atoms with Crippen molar-refractivity contribution in [3.8, 4) is 0 Å². The van der Waals surface area contributed by atoms with Crippen LogP contribution >= 0.6 is 0 Å². The third-order valence-corrected chi connectivity index (χ3v) is 5.27. The maximum Gasteiger partial charge on any atom is 0.100 e. The molecule has 0 spiro atoms. The fourth-order valence-corrected chi connectivity index (χ4v) is 4.20. The summed E-state index contributed by atoms with van der Waals surface area (Å²) in [6.07, 6.45) is 8.14. The Morgan fingerprint density at radius 2 is 1.83 bits per heavy atom. The average Bonchev–Trinajstić information content (AvgIpc) is 2.69. The molecule has 0 amide bonds. The molecule has 0 aromatic heterocycles. The lowest BCUT2D eigenvalue weighted by atomic mass is 9.87. The van der Waals surface area contributed by atoms with Gasteiger partial charge in [0.1, 0.15) is 6.17 Å². The first-order valence-electron chi connectivity index (χ1n) is 7.88. The average molecular weight is 254 g/mol. The normalized spacial score (nSPS) is 43.0. The quantitative estimate of drug-likeness (QED) is 0.747. The zero-order valence-corrected chi connectivity index (χ0v) is 11.7. The topological polar surface area (TPSA) is 6.48 Å². The van der Waals surface area contributed by atoms with E-state index < -0.39 is 6.17 Å². The lowest BCUT2D eigenvalue weighted by Gasteiger charge is -2.37. The molecule has 0 aromatic rings. The van der Waals surface area contributed by atoms with Crippen molar-refractivity contribution < 1.29 is 4.39 Å². The molecule has 2 aliphatic heterocycles. The van der Waals surface area contributed by atoms with Crippen LogP contribution in [0.3, 0.4) is 0 Å². The van der Waals surface area contributed by atoms with E-state index in [0.29, 0.717) is 12.2 Å². The first kappa shape index (κ1) is 12.9. The third kappa shape index (κ3) is 2.57. The number of piperidine rings is 1. The van der Waals surface area contributed by atoms with Gasteiger partial charge in [-0.1, -0.05) is 0 Å². The van der Waals surface area contributed by atoms with Crippen molar-refractivity contribution in [1.29, 1.82) is 0 Å². The molecule has 1 saturated carbocycles. The van der Waals surface area contributed by atoms with E-state index in [9.17, 15) is 4.39 Å². The molecule has 18 heavy (non-hydrogen) atoms. The highest BCUT2D eigenvalue weighted by molar-refractivity contribution is 4.91. The molecule has 0 aromatic carbocycles. The molecular formula is C15H27FN2. The van der Waals surface area contributed by atoms with Crippen molar-refractivity contribution in [2.75, 3.05) is 19.6 Å². The van der Waals surface area contributed by atoms with Crippen LogP contribution in [0.4, 0.5) is 4.39 Å². The van der Waals surface area contributed by atoms with Crippen LogP contribution in [-0.2, 0) is 0 Å². The van der Waals surface area contributed by atoms with E-state index in [-0.39, 0.29) is 0 Å². The second kappa shape index (κ2) is 5.46.